The van der Waals surface area contributed by atoms with Crippen LogP contribution in [0.25, 0.3) is 11.2 Å². The molecule has 0 spiro atoms. The van der Waals surface area contributed by atoms with E-state index >= 15 is 0 Å². The molecule has 0 aliphatic carbocycles. The SMILES string of the molecule is Nc1nc2c(ncn2C2OC(COP(=O)(O)OP(=O)(O)OP(=O)(O)O)C(O)C2F)c(=O)[nH]1. The van der Waals surface area contributed by atoms with Gasteiger partial charge in [0.15, 0.2) is 23.6 Å². The van der Waals surface area contributed by atoms with Gasteiger partial charge in [0.05, 0.1) is 12.9 Å². The van der Waals surface area contributed by atoms with Gasteiger partial charge in [-0.05, 0) is 0 Å². The number of aliphatic hydroxyl groups excluding tert-OH is 1. The molecule has 22 heteroatoms. The van der Waals surface area contributed by atoms with Gasteiger partial charge in [0.2, 0.25) is 5.95 Å². The highest BCUT2D eigenvalue weighted by molar-refractivity contribution is 7.66. The number of nitrogens with one attached hydrogen (secondary N) is 1. The van der Waals surface area contributed by atoms with E-state index in [1.54, 1.807) is 0 Å². The highest BCUT2D eigenvalue weighted by Crippen LogP contribution is 2.66. The van der Waals surface area contributed by atoms with Crippen LogP contribution in [-0.2, 0) is 31.6 Å². The highest BCUT2D eigenvalue weighted by atomic mass is 31.3. The lowest BCUT2D eigenvalue weighted by Crippen LogP contribution is -2.31. The number of halogens is 1. The maximum atomic E-state index is 14.6. The molecule has 1 saturated heterocycles. The molecule has 3 heterocycles. The van der Waals surface area contributed by atoms with E-state index in [0.29, 0.717) is 0 Å². The van der Waals surface area contributed by atoms with Crippen LogP contribution in [0.2, 0.25) is 0 Å². The topological polar surface area (TPSA) is 279 Å². The second-order valence-corrected chi connectivity index (χ2v) is 10.6. The molecule has 6 atom stereocenters. The van der Waals surface area contributed by atoms with Crippen LogP contribution in [0.15, 0.2) is 11.1 Å². The molecule has 0 amide bonds. The maximum Gasteiger partial charge on any atom is 0.490 e. The van der Waals surface area contributed by atoms with Gasteiger partial charge in [-0.3, -0.25) is 18.9 Å². The van der Waals surface area contributed by atoms with Gasteiger partial charge in [-0.15, -0.1) is 0 Å². The second kappa shape index (κ2) is 8.64. The number of phosphoric acid groups is 3. The molecule has 1 aliphatic heterocycles. The standard InChI is InChI=1S/C10H15FN5O13P3/c11-4-6(17)3(1-26-31(22,23)29-32(24,25)28-30(19,20)21)27-9(4)16-2-13-5-7(16)14-10(12)15-8(5)18/h2-4,6,9,17H,1H2,(H,22,23)(H,24,25)(H2,19,20,21)(H3,12,14,15,18). The molecular weight excluding hydrogens is 510 g/mol. The quantitative estimate of drug-likeness (QED) is 0.196. The molecular formula is C10H15FN5O13P3. The summed E-state index contributed by atoms with van der Waals surface area (Å²) < 4.78 is 65.8. The number of anilines is 1. The number of rotatable bonds is 8. The fraction of sp³-hybridized carbons (Fsp3) is 0.500. The summed E-state index contributed by atoms with van der Waals surface area (Å²) in [4.78, 5) is 57.0. The monoisotopic (exact) mass is 525 g/mol. The third kappa shape index (κ3) is 5.66. The fourth-order valence-corrected chi connectivity index (χ4v) is 5.70. The van der Waals surface area contributed by atoms with E-state index in [2.05, 4.69) is 28.1 Å². The zero-order valence-electron chi connectivity index (χ0n) is 15.2. The van der Waals surface area contributed by atoms with Crippen LogP contribution in [0.3, 0.4) is 0 Å². The minimum absolute atomic E-state index is 0.195. The van der Waals surface area contributed by atoms with Gasteiger partial charge in [-0.2, -0.15) is 13.6 Å². The van der Waals surface area contributed by atoms with Gasteiger partial charge in [-0.25, -0.2) is 23.1 Å². The van der Waals surface area contributed by atoms with Crippen LogP contribution in [0.4, 0.5) is 10.3 Å². The second-order valence-electron chi connectivity index (χ2n) is 6.16. The number of aliphatic hydroxyl groups is 1. The lowest BCUT2D eigenvalue weighted by molar-refractivity contribution is -0.0450. The van der Waals surface area contributed by atoms with Crippen LogP contribution in [-0.4, -0.2) is 69.2 Å². The molecule has 0 aromatic carbocycles. The van der Waals surface area contributed by atoms with Crippen LogP contribution < -0.4 is 11.3 Å². The van der Waals surface area contributed by atoms with E-state index in [1.807, 2.05) is 0 Å². The van der Waals surface area contributed by atoms with Crippen LogP contribution in [0, 0.1) is 0 Å². The number of H-pyrrole nitrogens is 1. The van der Waals surface area contributed by atoms with Gasteiger partial charge in [0, 0.05) is 0 Å². The Morgan fingerprint density at radius 1 is 1.22 bits per heavy atom. The zero-order valence-corrected chi connectivity index (χ0v) is 17.9. The van der Waals surface area contributed by atoms with E-state index in [0.717, 1.165) is 10.9 Å². The van der Waals surface area contributed by atoms with Gasteiger partial charge in [-0.1, -0.05) is 0 Å². The third-order valence-electron chi connectivity index (χ3n) is 3.84. The Kier molecular flexibility index (Phi) is 6.76. The van der Waals surface area contributed by atoms with Crippen LogP contribution in [0.1, 0.15) is 6.23 Å². The van der Waals surface area contributed by atoms with Crippen molar-refractivity contribution in [3.05, 3.63) is 16.7 Å². The molecule has 2 aromatic rings. The maximum absolute atomic E-state index is 14.6. The first kappa shape index (κ1) is 25.0. The molecule has 8 N–H and O–H groups in total. The summed E-state index contributed by atoms with van der Waals surface area (Å²) in [6.45, 7) is -1.09. The number of nitrogens with zero attached hydrogens (tertiary/aromatic N) is 3. The van der Waals surface area contributed by atoms with Crippen molar-refractivity contribution in [1.29, 1.82) is 0 Å². The minimum atomic E-state index is -5.76. The number of imidazole rings is 1. The Balaban J connectivity index is 1.72. The van der Waals surface area contributed by atoms with Crippen molar-refractivity contribution >= 4 is 40.6 Å². The van der Waals surface area contributed by atoms with Gasteiger partial charge in [0.1, 0.15) is 12.2 Å². The molecule has 18 nitrogen and oxygen atoms in total. The smallest absolute Gasteiger partial charge is 0.387 e. The van der Waals surface area contributed by atoms with Crippen molar-refractivity contribution < 1.29 is 60.6 Å². The Morgan fingerprint density at radius 3 is 2.50 bits per heavy atom. The molecule has 2 aromatic heterocycles. The highest BCUT2D eigenvalue weighted by Gasteiger charge is 2.48. The minimum Gasteiger partial charge on any atom is -0.387 e. The number of hydrogen-bond acceptors (Lipinski definition) is 12. The summed E-state index contributed by atoms with van der Waals surface area (Å²) in [6, 6.07) is 0. The number of nitrogen functional groups attached to an aromatic ring is 1. The summed E-state index contributed by atoms with van der Waals surface area (Å²) in [6.07, 6.45) is -6.48. The number of alkyl halides is 1. The number of ether oxygens (including phenoxy) is 1. The first-order valence-electron chi connectivity index (χ1n) is 8.07. The summed E-state index contributed by atoms with van der Waals surface area (Å²) in [5.41, 5.74) is 4.29. The molecule has 0 radical (unpaired) electrons. The van der Waals surface area contributed by atoms with Crippen molar-refractivity contribution in [2.75, 3.05) is 12.3 Å². The predicted octanol–water partition coefficient (Wildman–Crippen LogP) is -1.36. The van der Waals surface area contributed by atoms with E-state index in [4.69, 9.17) is 25.2 Å². The van der Waals surface area contributed by atoms with Crippen molar-refractivity contribution in [1.82, 2.24) is 19.5 Å². The Bertz CT molecular complexity index is 1210. The number of phosphoric ester groups is 1. The number of fused-ring (bicyclic) bond motifs is 1. The summed E-state index contributed by atoms with van der Waals surface area (Å²) >= 11 is 0. The predicted molar refractivity (Wildman–Crippen MR) is 97.2 cm³/mol. The number of aromatic nitrogens is 4. The van der Waals surface area contributed by atoms with Crippen molar-refractivity contribution in [3.63, 3.8) is 0 Å². The van der Waals surface area contributed by atoms with Gasteiger partial charge >= 0.3 is 23.5 Å². The summed E-state index contributed by atoms with van der Waals surface area (Å²) in [5.74, 6) is -0.317. The summed E-state index contributed by atoms with van der Waals surface area (Å²) in [7, 11) is -16.9. The van der Waals surface area contributed by atoms with Crippen molar-refractivity contribution in [2.24, 2.45) is 0 Å². The van der Waals surface area contributed by atoms with E-state index in [1.165, 1.54) is 0 Å². The molecule has 0 saturated carbocycles. The zero-order chi connectivity index (χ0) is 24.1. The molecule has 3 rings (SSSR count). The third-order valence-corrected chi connectivity index (χ3v) is 7.64. The molecule has 1 aliphatic rings. The fourth-order valence-electron chi connectivity index (χ4n) is 2.67. The van der Waals surface area contributed by atoms with Crippen molar-refractivity contribution in [3.8, 4) is 0 Å². The van der Waals surface area contributed by atoms with Crippen LogP contribution >= 0.6 is 23.5 Å². The van der Waals surface area contributed by atoms with E-state index in [9.17, 15) is 32.9 Å². The number of aromatic amines is 1. The molecule has 6 unspecified atom stereocenters. The normalized spacial score (nSPS) is 27.9. The molecule has 1 fully saturated rings. The van der Waals surface area contributed by atoms with Crippen LogP contribution in [0.5, 0.6) is 0 Å². The first-order valence-corrected chi connectivity index (χ1v) is 12.6. The van der Waals surface area contributed by atoms with E-state index in [-0.39, 0.29) is 17.1 Å². The van der Waals surface area contributed by atoms with Crippen molar-refractivity contribution in [2.45, 2.75) is 24.6 Å². The lowest BCUT2D eigenvalue weighted by Gasteiger charge is -2.19. The van der Waals surface area contributed by atoms with Gasteiger partial charge < -0.3 is 35.2 Å². The lowest BCUT2D eigenvalue weighted by atomic mass is 10.1. The summed E-state index contributed by atoms with van der Waals surface area (Å²) in [5, 5.41) is 10.0. The molecule has 0 bridgehead atoms. The Labute approximate surface area is 175 Å². The first-order chi connectivity index (χ1) is 14.6. The molecule has 32 heavy (non-hydrogen) atoms. The van der Waals surface area contributed by atoms with E-state index < -0.39 is 60.2 Å². The average molecular weight is 525 g/mol. The Hall–Kier alpha value is -1.59. The largest absolute Gasteiger partial charge is 0.490 e. The number of nitrogens with two attached hydrogens (primary N) is 1. The Morgan fingerprint density at radius 2 is 1.88 bits per heavy atom. The molecule has 180 valence electrons. The number of hydrogen-bond donors (Lipinski definition) is 7. The van der Waals surface area contributed by atoms with Gasteiger partial charge in [0.25, 0.3) is 5.56 Å². The average Bonchev–Trinajstić information content (AvgIpc) is 3.12.